The van der Waals surface area contributed by atoms with Crippen molar-refractivity contribution >= 4 is 44.8 Å². The molecule has 0 saturated carbocycles. The van der Waals surface area contributed by atoms with Crippen molar-refractivity contribution in [2.24, 2.45) is 5.10 Å². The number of rotatable bonds is 9. The van der Waals surface area contributed by atoms with E-state index in [1.807, 2.05) is 49.4 Å². The fraction of sp³-hybridized carbons (Fsp3) is 0.107. The first kappa shape index (κ1) is 24.9. The summed E-state index contributed by atoms with van der Waals surface area (Å²) in [5.74, 6) is 0.599. The number of fused-ring (bicyclic) bond motifs is 1. The van der Waals surface area contributed by atoms with E-state index in [9.17, 15) is 9.59 Å². The predicted octanol–water partition coefficient (Wildman–Crippen LogP) is 5.75. The van der Waals surface area contributed by atoms with E-state index in [2.05, 4.69) is 26.5 Å². The van der Waals surface area contributed by atoms with Gasteiger partial charge in [-0.1, -0.05) is 46.3 Å². The minimum absolute atomic E-state index is 0.201. The topological polar surface area (TPSA) is 86.2 Å². The normalized spacial score (nSPS) is 10.8. The van der Waals surface area contributed by atoms with Crippen LogP contribution in [0.15, 0.2) is 94.5 Å². The van der Waals surface area contributed by atoms with Gasteiger partial charge in [-0.05, 0) is 72.3 Å². The molecule has 4 aromatic carbocycles. The minimum atomic E-state index is -0.525. The van der Waals surface area contributed by atoms with Gasteiger partial charge in [0.25, 0.3) is 5.91 Å². The number of benzene rings is 4. The van der Waals surface area contributed by atoms with Crippen molar-refractivity contribution < 1.29 is 23.8 Å². The van der Waals surface area contributed by atoms with E-state index in [0.29, 0.717) is 35.0 Å². The molecule has 1 amide bonds. The Hall–Kier alpha value is -4.17. The molecule has 4 rings (SSSR count). The molecular weight excluding hydrogens is 524 g/mol. The van der Waals surface area contributed by atoms with Crippen molar-refractivity contribution in [3.63, 3.8) is 0 Å². The van der Waals surface area contributed by atoms with Crippen LogP contribution in [0.4, 0.5) is 0 Å². The molecule has 0 spiro atoms. The molecule has 0 bridgehead atoms. The summed E-state index contributed by atoms with van der Waals surface area (Å²) in [6, 6.07) is 25.3. The molecule has 0 aliphatic heterocycles. The monoisotopic (exact) mass is 546 g/mol. The average molecular weight is 547 g/mol. The zero-order valence-electron chi connectivity index (χ0n) is 19.4. The van der Waals surface area contributed by atoms with Crippen molar-refractivity contribution in [2.75, 3.05) is 13.2 Å². The fourth-order valence-electron chi connectivity index (χ4n) is 3.34. The van der Waals surface area contributed by atoms with Gasteiger partial charge in [-0.2, -0.15) is 5.10 Å². The summed E-state index contributed by atoms with van der Waals surface area (Å²) in [6.45, 7) is 2.23. The van der Waals surface area contributed by atoms with Gasteiger partial charge in [-0.15, -0.1) is 0 Å². The molecular formula is C28H23BrN2O5. The van der Waals surface area contributed by atoms with E-state index in [1.165, 1.54) is 6.21 Å². The van der Waals surface area contributed by atoms with Crippen LogP contribution in [0.2, 0.25) is 0 Å². The molecule has 0 fully saturated rings. The van der Waals surface area contributed by atoms with Crippen LogP contribution in [0.5, 0.6) is 17.2 Å². The first-order valence-electron chi connectivity index (χ1n) is 11.2. The third-order valence-electron chi connectivity index (χ3n) is 5.06. The number of carbonyl (C=O) groups excluding carboxylic acids is 2. The van der Waals surface area contributed by atoms with Crippen LogP contribution < -0.4 is 19.6 Å². The maximum atomic E-state index is 12.6. The predicted molar refractivity (Wildman–Crippen MR) is 142 cm³/mol. The summed E-state index contributed by atoms with van der Waals surface area (Å²) in [7, 11) is 0. The summed E-state index contributed by atoms with van der Waals surface area (Å²) in [4.78, 5) is 24.8. The Bertz CT molecular complexity index is 1400. The van der Waals surface area contributed by atoms with Crippen molar-refractivity contribution in [3.05, 3.63) is 101 Å². The molecule has 0 aliphatic rings. The molecule has 182 valence electrons. The lowest BCUT2D eigenvalue weighted by molar-refractivity contribution is -0.123. The van der Waals surface area contributed by atoms with Gasteiger partial charge in [0.2, 0.25) is 0 Å². The van der Waals surface area contributed by atoms with Crippen LogP contribution in [-0.4, -0.2) is 31.3 Å². The standard InChI is InChI=1S/C28H23BrN2O5/c1-2-34-24-11-8-20(9-12-24)28(33)36-26-14-10-23(29)15-22(26)17-30-31-27(32)18-35-25-13-7-19-5-3-4-6-21(19)16-25/h3-17H,2,18H2,1H3,(H,31,32). The summed E-state index contributed by atoms with van der Waals surface area (Å²) >= 11 is 3.40. The fourth-order valence-corrected chi connectivity index (χ4v) is 3.72. The highest BCUT2D eigenvalue weighted by Gasteiger charge is 2.12. The van der Waals surface area contributed by atoms with Crippen LogP contribution in [0, 0.1) is 0 Å². The van der Waals surface area contributed by atoms with Crippen molar-refractivity contribution in [3.8, 4) is 17.2 Å². The number of nitrogens with zero attached hydrogens (tertiary/aromatic N) is 1. The SMILES string of the molecule is CCOc1ccc(C(=O)Oc2ccc(Br)cc2C=NNC(=O)COc2ccc3ccccc3c2)cc1. The smallest absolute Gasteiger partial charge is 0.343 e. The first-order valence-corrected chi connectivity index (χ1v) is 12.0. The second kappa shape index (κ2) is 12.0. The van der Waals surface area contributed by atoms with Gasteiger partial charge in [-0.25, -0.2) is 10.2 Å². The number of hydrogen-bond donors (Lipinski definition) is 1. The summed E-state index contributed by atoms with van der Waals surface area (Å²) in [5.41, 5.74) is 3.30. The highest BCUT2D eigenvalue weighted by atomic mass is 79.9. The second-order valence-electron chi connectivity index (χ2n) is 7.62. The molecule has 4 aromatic rings. The van der Waals surface area contributed by atoms with Gasteiger partial charge in [0.15, 0.2) is 6.61 Å². The Morgan fingerprint density at radius 2 is 1.64 bits per heavy atom. The quantitative estimate of drug-likeness (QED) is 0.125. The van der Waals surface area contributed by atoms with Crippen molar-refractivity contribution in [1.29, 1.82) is 0 Å². The first-order chi connectivity index (χ1) is 17.5. The third-order valence-corrected chi connectivity index (χ3v) is 5.55. The molecule has 0 atom stereocenters. The number of esters is 1. The van der Waals surface area contributed by atoms with Gasteiger partial charge in [0.1, 0.15) is 17.2 Å². The number of hydrazone groups is 1. The van der Waals surface area contributed by atoms with E-state index in [1.54, 1.807) is 42.5 Å². The molecule has 0 aromatic heterocycles. The Kier molecular flexibility index (Phi) is 8.31. The van der Waals surface area contributed by atoms with E-state index >= 15 is 0 Å². The van der Waals surface area contributed by atoms with Gasteiger partial charge < -0.3 is 14.2 Å². The maximum Gasteiger partial charge on any atom is 0.343 e. The Morgan fingerprint density at radius 1 is 0.889 bits per heavy atom. The molecule has 0 radical (unpaired) electrons. The lowest BCUT2D eigenvalue weighted by Gasteiger charge is -2.09. The van der Waals surface area contributed by atoms with E-state index in [4.69, 9.17) is 14.2 Å². The molecule has 7 nitrogen and oxygen atoms in total. The summed E-state index contributed by atoms with van der Waals surface area (Å²) in [6.07, 6.45) is 1.40. The minimum Gasteiger partial charge on any atom is -0.494 e. The lowest BCUT2D eigenvalue weighted by atomic mass is 10.1. The van der Waals surface area contributed by atoms with E-state index in [0.717, 1.165) is 15.2 Å². The van der Waals surface area contributed by atoms with Crippen LogP contribution in [-0.2, 0) is 4.79 Å². The van der Waals surface area contributed by atoms with Gasteiger partial charge in [0, 0.05) is 10.0 Å². The zero-order valence-corrected chi connectivity index (χ0v) is 21.0. The Balaban J connectivity index is 1.35. The van der Waals surface area contributed by atoms with Crippen LogP contribution in [0.3, 0.4) is 0 Å². The number of ether oxygens (including phenoxy) is 3. The molecule has 0 heterocycles. The van der Waals surface area contributed by atoms with Crippen LogP contribution >= 0.6 is 15.9 Å². The maximum absolute atomic E-state index is 12.6. The van der Waals surface area contributed by atoms with Gasteiger partial charge in [0.05, 0.1) is 18.4 Å². The van der Waals surface area contributed by atoms with Crippen molar-refractivity contribution in [2.45, 2.75) is 6.92 Å². The van der Waals surface area contributed by atoms with Gasteiger partial charge >= 0.3 is 5.97 Å². The zero-order chi connectivity index (χ0) is 25.3. The number of hydrogen-bond acceptors (Lipinski definition) is 6. The van der Waals surface area contributed by atoms with Crippen molar-refractivity contribution in [1.82, 2.24) is 5.43 Å². The largest absolute Gasteiger partial charge is 0.494 e. The van der Waals surface area contributed by atoms with E-state index < -0.39 is 11.9 Å². The average Bonchev–Trinajstić information content (AvgIpc) is 2.89. The Morgan fingerprint density at radius 3 is 2.42 bits per heavy atom. The number of amides is 1. The molecule has 0 unspecified atom stereocenters. The summed E-state index contributed by atoms with van der Waals surface area (Å²) < 4.78 is 17.3. The van der Waals surface area contributed by atoms with Gasteiger partial charge in [-0.3, -0.25) is 4.79 Å². The molecule has 8 heteroatoms. The molecule has 36 heavy (non-hydrogen) atoms. The highest BCUT2D eigenvalue weighted by Crippen LogP contribution is 2.24. The second-order valence-corrected chi connectivity index (χ2v) is 8.54. The number of nitrogens with one attached hydrogen (secondary N) is 1. The van der Waals surface area contributed by atoms with Crippen LogP contribution in [0.1, 0.15) is 22.8 Å². The summed E-state index contributed by atoms with van der Waals surface area (Å²) in [5, 5.41) is 6.10. The third kappa shape index (κ3) is 6.70. The molecule has 1 N–H and O–H groups in total. The Labute approximate surface area is 216 Å². The number of halogens is 1. The molecule has 0 aliphatic carbocycles. The number of carbonyl (C=O) groups is 2. The lowest BCUT2D eigenvalue weighted by Crippen LogP contribution is -2.24. The van der Waals surface area contributed by atoms with Crippen LogP contribution in [0.25, 0.3) is 10.8 Å². The van der Waals surface area contributed by atoms with E-state index in [-0.39, 0.29) is 6.61 Å². The molecule has 0 saturated heterocycles. The highest BCUT2D eigenvalue weighted by molar-refractivity contribution is 9.10.